The predicted molar refractivity (Wildman–Crippen MR) is 77.3 cm³/mol. The van der Waals surface area contributed by atoms with Gasteiger partial charge in [-0.05, 0) is 24.3 Å². The number of thiophene rings is 1. The molecule has 0 fully saturated rings. The average Bonchev–Trinajstić information content (AvgIpc) is 2.89. The number of aromatic nitrogens is 2. The van der Waals surface area contributed by atoms with Gasteiger partial charge in [0, 0.05) is 29.6 Å². The second-order valence-corrected chi connectivity index (χ2v) is 5.23. The maximum atomic E-state index is 4.59. The zero-order valence-electron chi connectivity index (χ0n) is 10.9. The van der Waals surface area contributed by atoms with Crippen molar-refractivity contribution < 1.29 is 0 Å². The van der Waals surface area contributed by atoms with Crippen molar-refractivity contribution in [1.82, 2.24) is 9.97 Å². The van der Waals surface area contributed by atoms with E-state index in [1.807, 2.05) is 6.07 Å². The minimum absolute atomic E-state index is 0.826. The third kappa shape index (κ3) is 3.53. The van der Waals surface area contributed by atoms with Crippen molar-refractivity contribution in [3.05, 3.63) is 40.0 Å². The normalized spacial score (nSPS) is 10.6. The first-order valence-corrected chi connectivity index (χ1v) is 7.33. The Hall–Kier alpha value is -1.42. The SMILES string of the molecule is CCCNc1cc(CC)nc(Cc2cccs2)n1. The van der Waals surface area contributed by atoms with Crippen molar-refractivity contribution in [1.29, 1.82) is 0 Å². The van der Waals surface area contributed by atoms with Crippen LogP contribution in [0.3, 0.4) is 0 Å². The fraction of sp³-hybridized carbons (Fsp3) is 0.429. The summed E-state index contributed by atoms with van der Waals surface area (Å²) in [6.07, 6.45) is 2.87. The van der Waals surface area contributed by atoms with Gasteiger partial charge in [0.25, 0.3) is 0 Å². The molecule has 0 spiro atoms. The topological polar surface area (TPSA) is 37.8 Å². The highest BCUT2D eigenvalue weighted by molar-refractivity contribution is 7.09. The van der Waals surface area contributed by atoms with Crippen molar-refractivity contribution in [2.45, 2.75) is 33.1 Å². The maximum absolute atomic E-state index is 4.59. The van der Waals surface area contributed by atoms with E-state index in [-0.39, 0.29) is 0 Å². The molecule has 18 heavy (non-hydrogen) atoms. The first-order valence-electron chi connectivity index (χ1n) is 6.45. The van der Waals surface area contributed by atoms with Crippen LogP contribution < -0.4 is 5.32 Å². The van der Waals surface area contributed by atoms with Gasteiger partial charge in [-0.1, -0.05) is 19.9 Å². The Bertz CT molecular complexity index is 480. The summed E-state index contributed by atoms with van der Waals surface area (Å²) in [6.45, 7) is 5.24. The maximum Gasteiger partial charge on any atom is 0.136 e. The molecular weight excluding hydrogens is 242 g/mol. The van der Waals surface area contributed by atoms with Gasteiger partial charge in [0.2, 0.25) is 0 Å². The molecule has 0 unspecified atom stereocenters. The molecule has 0 radical (unpaired) electrons. The molecule has 0 aromatic carbocycles. The number of hydrogen-bond donors (Lipinski definition) is 1. The average molecular weight is 261 g/mol. The molecule has 1 N–H and O–H groups in total. The zero-order valence-corrected chi connectivity index (χ0v) is 11.8. The number of hydrogen-bond acceptors (Lipinski definition) is 4. The van der Waals surface area contributed by atoms with E-state index < -0.39 is 0 Å². The molecule has 2 aromatic rings. The van der Waals surface area contributed by atoms with Crippen LogP contribution in [0, 0.1) is 0 Å². The summed E-state index contributed by atoms with van der Waals surface area (Å²) in [4.78, 5) is 10.5. The lowest BCUT2D eigenvalue weighted by Crippen LogP contribution is -2.07. The highest BCUT2D eigenvalue weighted by atomic mass is 32.1. The van der Waals surface area contributed by atoms with Crippen LogP contribution in [0.1, 0.15) is 36.7 Å². The van der Waals surface area contributed by atoms with E-state index in [2.05, 4.69) is 46.6 Å². The minimum Gasteiger partial charge on any atom is -0.370 e. The molecule has 0 aliphatic heterocycles. The summed E-state index contributed by atoms with van der Waals surface area (Å²) in [5, 5.41) is 5.43. The summed E-state index contributed by atoms with van der Waals surface area (Å²) in [7, 11) is 0. The highest BCUT2D eigenvalue weighted by Gasteiger charge is 2.05. The molecule has 2 heterocycles. The number of aryl methyl sites for hydroxylation is 1. The van der Waals surface area contributed by atoms with Gasteiger partial charge in [0.1, 0.15) is 11.6 Å². The predicted octanol–water partition coefficient (Wildman–Crippen LogP) is 3.51. The Kier molecular flexibility index (Phi) is 4.70. The summed E-state index contributed by atoms with van der Waals surface area (Å²) >= 11 is 1.75. The number of nitrogens with one attached hydrogen (secondary N) is 1. The molecule has 0 aliphatic rings. The van der Waals surface area contributed by atoms with E-state index in [1.165, 1.54) is 4.88 Å². The van der Waals surface area contributed by atoms with Gasteiger partial charge in [-0.3, -0.25) is 0 Å². The summed E-state index contributed by atoms with van der Waals surface area (Å²) in [6, 6.07) is 6.25. The Labute approximate surface area is 112 Å². The molecule has 96 valence electrons. The van der Waals surface area contributed by atoms with Crippen LogP contribution in [0.5, 0.6) is 0 Å². The number of nitrogens with zero attached hydrogens (tertiary/aromatic N) is 2. The van der Waals surface area contributed by atoms with Crippen molar-refractivity contribution in [3.8, 4) is 0 Å². The smallest absolute Gasteiger partial charge is 0.136 e. The van der Waals surface area contributed by atoms with Gasteiger partial charge >= 0.3 is 0 Å². The fourth-order valence-corrected chi connectivity index (χ4v) is 2.43. The second-order valence-electron chi connectivity index (χ2n) is 4.20. The van der Waals surface area contributed by atoms with Crippen LogP contribution in [0.4, 0.5) is 5.82 Å². The van der Waals surface area contributed by atoms with Gasteiger partial charge in [-0.15, -0.1) is 11.3 Å². The largest absolute Gasteiger partial charge is 0.370 e. The van der Waals surface area contributed by atoms with Gasteiger partial charge in [-0.2, -0.15) is 0 Å². The van der Waals surface area contributed by atoms with E-state index in [4.69, 9.17) is 0 Å². The quantitative estimate of drug-likeness (QED) is 0.864. The summed E-state index contributed by atoms with van der Waals surface area (Å²) < 4.78 is 0. The molecule has 0 aliphatic carbocycles. The number of rotatable bonds is 6. The second kappa shape index (κ2) is 6.50. The standard InChI is InChI=1S/C14H19N3S/c1-3-7-15-13-9-11(4-2)16-14(17-13)10-12-6-5-8-18-12/h5-6,8-9H,3-4,7,10H2,1-2H3,(H,15,16,17). The Balaban J connectivity index is 2.17. The van der Waals surface area contributed by atoms with E-state index in [9.17, 15) is 0 Å². The first-order chi connectivity index (χ1) is 8.81. The molecule has 2 aromatic heterocycles. The Morgan fingerprint density at radius 2 is 2.17 bits per heavy atom. The van der Waals surface area contributed by atoms with E-state index in [0.717, 1.165) is 43.1 Å². The van der Waals surface area contributed by atoms with Crippen LogP contribution in [-0.2, 0) is 12.8 Å². The van der Waals surface area contributed by atoms with Crippen molar-refractivity contribution >= 4 is 17.2 Å². The molecule has 0 saturated carbocycles. The van der Waals surface area contributed by atoms with Crippen LogP contribution in [0.15, 0.2) is 23.6 Å². The van der Waals surface area contributed by atoms with Crippen molar-refractivity contribution in [2.24, 2.45) is 0 Å². The highest BCUT2D eigenvalue weighted by Crippen LogP contribution is 2.15. The summed E-state index contributed by atoms with van der Waals surface area (Å²) in [5.74, 6) is 1.87. The lowest BCUT2D eigenvalue weighted by molar-refractivity contribution is 0.897. The molecule has 0 atom stereocenters. The van der Waals surface area contributed by atoms with Gasteiger partial charge in [0.05, 0.1) is 0 Å². The molecular formula is C14H19N3S. The van der Waals surface area contributed by atoms with Crippen LogP contribution in [0.25, 0.3) is 0 Å². The molecule has 4 heteroatoms. The monoisotopic (exact) mass is 261 g/mol. The van der Waals surface area contributed by atoms with Crippen LogP contribution in [-0.4, -0.2) is 16.5 Å². The van der Waals surface area contributed by atoms with Crippen LogP contribution >= 0.6 is 11.3 Å². The molecule has 3 nitrogen and oxygen atoms in total. The third-order valence-electron chi connectivity index (χ3n) is 2.66. The molecule has 0 amide bonds. The third-order valence-corrected chi connectivity index (χ3v) is 3.53. The van der Waals surface area contributed by atoms with Crippen LogP contribution in [0.2, 0.25) is 0 Å². The zero-order chi connectivity index (χ0) is 12.8. The van der Waals surface area contributed by atoms with Crippen molar-refractivity contribution in [2.75, 3.05) is 11.9 Å². The molecule has 0 saturated heterocycles. The lowest BCUT2D eigenvalue weighted by atomic mass is 10.2. The first kappa shape index (κ1) is 13.0. The number of anilines is 1. The molecule has 2 rings (SSSR count). The van der Waals surface area contributed by atoms with E-state index in [1.54, 1.807) is 11.3 Å². The lowest BCUT2D eigenvalue weighted by Gasteiger charge is -2.08. The van der Waals surface area contributed by atoms with Crippen molar-refractivity contribution in [3.63, 3.8) is 0 Å². The summed E-state index contributed by atoms with van der Waals surface area (Å²) in [5.41, 5.74) is 1.11. The van der Waals surface area contributed by atoms with E-state index in [0.29, 0.717) is 0 Å². The van der Waals surface area contributed by atoms with Gasteiger partial charge in [0.15, 0.2) is 0 Å². The molecule has 0 bridgehead atoms. The Morgan fingerprint density at radius 3 is 2.83 bits per heavy atom. The van der Waals surface area contributed by atoms with Gasteiger partial charge < -0.3 is 5.32 Å². The van der Waals surface area contributed by atoms with Gasteiger partial charge in [-0.25, -0.2) is 9.97 Å². The Morgan fingerprint density at radius 1 is 1.28 bits per heavy atom. The van der Waals surface area contributed by atoms with E-state index >= 15 is 0 Å². The fourth-order valence-electron chi connectivity index (χ4n) is 1.72. The minimum atomic E-state index is 0.826.